The van der Waals surface area contributed by atoms with E-state index in [0.717, 1.165) is 0 Å². The van der Waals surface area contributed by atoms with Crippen molar-refractivity contribution in [2.24, 2.45) is 5.92 Å². The number of nitrogens with one attached hydrogen (secondary N) is 1. The number of carbonyl (C=O) groups excluding carboxylic acids is 1. The lowest BCUT2D eigenvalue weighted by atomic mass is 10.1. The molecule has 1 unspecified atom stereocenters. The first-order valence-electron chi connectivity index (χ1n) is 6.91. The summed E-state index contributed by atoms with van der Waals surface area (Å²) in [5.74, 6) is -1.69. The molecule has 0 bridgehead atoms. The van der Waals surface area contributed by atoms with Gasteiger partial charge in [-0.25, -0.2) is 4.39 Å². The zero-order chi connectivity index (χ0) is 15.4. The van der Waals surface area contributed by atoms with Crippen molar-refractivity contribution in [3.05, 3.63) is 30.1 Å². The van der Waals surface area contributed by atoms with Crippen molar-refractivity contribution in [1.82, 2.24) is 5.32 Å². The molecule has 1 amide bonds. The molecule has 1 aliphatic rings. The van der Waals surface area contributed by atoms with E-state index in [2.05, 4.69) is 5.32 Å². The standard InChI is InChI=1S/C15H18FNO4/c1-9(21-13-4-2-3-11(16)8-13)14(18)17-12-6-5-10(7-12)15(19)20/h2-4,8-10,12H,5-7H2,1H3,(H,17,18)(H,19,20)/t9?,10-,12+/m1/s1. The summed E-state index contributed by atoms with van der Waals surface area (Å²) in [5.41, 5.74) is 0. The van der Waals surface area contributed by atoms with Gasteiger partial charge in [-0.3, -0.25) is 9.59 Å². The second kappa shape index (κ2) is 6.56. The van der Waals surface area contributed by atoms with Gasteiger partial charge in [0.25, 0.3) is 5.91 Å². The minimum Gasteiger partial charge on any atom is -0.481 e. The summed E-state index contributed by atoms with van der Waals surface area (Å²) < 4.78 is 18.4. The molecule has 0 aliphatic heterocycles. The maximum Gasteiger partial charge on any atom is 0.306 e. The van der Waals surface area contributed by atoms with E-state index < -0.39 is 23.8 Å². The van der Waals surface area contributed by atoms with Crippen LogP contribution in [0.1, 0.15) is 26.2 Å². The molecule has 2 N–H and O–H groups in total. The lowest BCUT2D eigenvalue weighted by Gasteiger charge is -2.18. The number of aliphatic carboxylic acids is 1. The van der Waals surface area contributed by atoms with E-state index >= 15 is 0 Å². The van der Waals surface area contributed by atoms with E-state index in [1.165, 1.54) is 18.2 Å². The van der Waals surface area contributed by atoms with E-state index in [1.54, 1.807) is 13.0 Å². The van der Waals surface area contributed by atoms with Crippen LogP contribution in [0.4, 0.5) is 4.39 Å². The number of rotatable bonds is 5. The highest BCUT2D eigenvalue weighted by atomic mass is 19.1. The lowest BCUT2D eigenvalue weighted by molar-refractivity contribution is -0.141. The monoisotopic (exact) mass is 295 g/mol. The van der Waals surface area contributed by atoms with Crippen molar-refractivity contribution < 1.29 is 23.8 Å². The molecule has 2 rings (SSSR count). The van der Waals surface area contributed by atoms with Crippen LogP contribution in [0.2, 0.25) is 0 Å². The summed E-state index contributed by atoms with van der Waals surface area (Å²) in [5, 5.41) is 11.7. The maximum atomic E-state index is 13.0. The molecule has 3 atom stereocenters. The smallest absolute Gasteiger partial charge is 0.306 e. The van der Waals surface area contributed by atoms with E-state index in [1.807, 2.05) is 0 Å². The summed E-state index contributed by atoms with van der Waals surface area (Å²) in [6.45, 7) is 1.57. The van der Waals surface area contributed by atoms with Crippen LogP contribution < -0.4 is 10.1 Å². The van der Waals surface area contributed by atoms with Crippen LogP contribution in [0.25, 0.3) is 0 Å². The normalized spacial score (nSPS) is 22.6. The van der Waals surface area contributed by atoms with Crippen LogP contribution in [0.15, 0.2) is 24.3 Å². The highest BCUT2D eigenvalue weighted by molar-refractivity contribution is 5.81. The zero-order valence-corrected chi connectivity index (χ0v) is 11.7. The largest absolute Gasteiger partial charge is 0.481 e. The molecule has 114 valence electrons. The topological polar surface area (TPSA) is 75.6 Å². The van der Waals surface area contributed by atoms with E-state index in [-0.39, 0.29) is 17.7 Å². The van der Waals surface area contributed by atoms with Crippen LogP contribution in [0, 0.1) is 11.7 Å². The number of amides is 1. The van der Waals surface area contributed by atoms with Crippen molar-refractivity contribution >= 4 is 11.9 Å². The van der Waals surface area contributed by atoms with Crippen molar-refractivity contribution in [3.8, 4) is 5.75 Å². The Bertz CT molecular complexity index is 534. The van der Waals surface area contributed by atoms with Crippen LogP contribution >= 0.6 is 0 Å². The SMILES string of the molecule is CC(Oc1cccc(F)c1)C(=O)N[C@H]1CC[C@@H](C(=O)O)C1. The third-order valence-electron chi connectivity index (χ3n) is 3.61. The van der Waals surface area contributed by atoms with Crippen LogP contribution in [0.5, 0.6) is 5.75 Å². The highest BCUT2D eigenvalue weighted by Gasteiger charge is 2.31. The molecule has 21 heavy (non-hydrogen) atoms. The summed E-state index contributed by atoms with van der Waals surface area (Å²) in [6.07, 6.45) is 0.887. The van der Waals surface area contributed by atoms with Crippen molar-refractivity contribution in [1.29, 1.82) is 0 Å². The quantitative estimate of drug-likeness (QED) is 0.870. The average Bonchev–Trinajstić information content (AvgIpc) is 2.87. The molecule has 1 aromatic rings. The Hall–Kier alpha value is -2.11. The van der Waals surface area contributed by atoms with Gasteiger partial charge in [0.2, 0.25) is 0 Å². The molecule has 6 heteroatoms. The van der Waals surface area contributed by atoms with Crippen molar-refractivity contribution in [2.45, 2.75) is 38.3 Å². The van der Waals surface area contributed by atoms with E-state index in [9.17, 15) is 14.0 Å². The van der Waals surface area contributed by atoms with Gasteiger partial charge in [-0.1, -0.05) is 6.07 Å². The number of carboxylic acid groups (broad SMARTS) is 1. The Morgan fingerprint density at radius 1 is 1.43 bits per heavy atom. The molecule has 0 heterocycles. The number of carboxylic acids is 1. The third kappa shape index (κ3) is 4.18. The molecule has 0 radical (unpaired) electrons. The third-order valence-corrected chi connectivity index (χ3v) is 3.61. The first-order valence-corrected chi connectivity index (χ1v) is 6.91. The van der Waals surface area contributed by atoms with Gasteiger partial charge < -0.3 is 15.2 Å². The van der Waals surface area contributed by atoms with Crippen molar-refractivity contribution in [3.63, 3.8) is 0 Å². The maximum absolute atomic E-state index is 13.0. The van der Waals surface area contributed by atoms with Gasteiger partial charge in [-0.05, 0) is 38.3 Å². The number of ether oxygens (including phenoxy) is 1. The molecular weight excluding hydrogens is 277 g/mol. The van der Waals surface area contributed by atoms with Crippen LogP contribution in [-0.2, 0) is 9.59 Å². The Balaban J connectivity index is 1.84. The molecule has 0 saturated heterocycles. The number of carbonyl (C=O) groups is 2. The zero-order valence-electron chi connectivity index (χ0n) is 11.7. The Morgan fingerprint density at radius 3 is 2.81 bits per heavy atom. The number of hydrogen-bond acceptors (Lipinski definition) is 3. The molecule has 0 spiro atoms. The molecule has 0 aromatic heterocycles. The predicted octanol–water partition coefficient (Wildman–Crippen LogP) is 1.96. The second-order valence-electron chi connectivity index (χ2n) is 5.27. The van der Waals surface area contributed by atoms with Gasteiger partial charge in [0, 0.05) is 12.1 Å². The minimum atomic E-state index is -0.823. The van der Waals surface area contributed by atoms with Gasteiger partial charge in [-0.15, -0.1) is 0 Å². The predicted molar refractivity (Wildman–Crippen MR) is 73.4 cm³/mol. The van der Waals surface area contributed by atoms with E-state index in [4.69, 9.17) is 9.84 Å². The molecule has 1 fully saturated rings. The Labute approximate surface area is 122 Å². The number of benzene rings is 1. The van der Waals surface area contributed by atoms with Gasteiger partial charge in [0.1, 0.15) is 11.6 Å². The fourth-order valence-electron chi connectivity index (χ4n) is 2.45. The van der Waals surface area contributed by atoms with Crippen LogP contribution in [-0.4, -0.2) is 29.1 Å². The molecular formula is C15H18FNO4. The van der Waals surface area contributed by atoms with Crippen LogP contribution in [0.3, 0.4) is 0 Å². The number of halogens is 1. The Morgan fingerprint density at radius 2 is 2.19 bits per heavy atom. The second-order valence-corrected chi connectivity index (χ2v) is 5.27. The van der Waals surface area contributed by atoms with Gasteiger partial charge in [-0.2, -0.15) is 0 Å². The Kier molecular flexibility index (Phi) is 4.77. The fourth-order valence-corrected chi connectivity index (χ4v) is 2.45. The molecule has 1 saturated carbocycles. The minimum absolute atomic E-state index is 0.142. The van der Waals surface area contributed by atoms with Crippen molar-refractivity contribution in [2.75, 3.05) is 0 Å². The lowest BCUT2D eigenvalue weighted by Crippen LogP contribution is -2.41. The summed E-state index contributed by atoms with van der Waals surface area (Å²) in [7, 11) is 0. The van der Waals surface area contributed by atoms with Gasteiger partial charge >= 0.3 is 5.97 Å². The molecule has 1 aliphatic carbocycles. The first-order chi connectivity index (χ1) is 9.95. The summed E-state index contributed by atoms with van der Waals surface area (Å²) in [4.78, 5) is 22.9. The summed E-state index contributed by atoms with van der Waals surface area (Å²) in [6, 6.07) is 5.44. The van der Waals surface area contributed by atoms with E-state index in [0.29, 0.717) is 19.3 Å². The summed E-state index contributed by atoms with van der Waals surface area (Å²) >= 11 is 0. The number of hydrogen-bond donors (Lipinski definition) is 2. The first kappa shape index (κ1) is 15.3. The molecule has 1 aromatic carbocycles. The molecule has 5 nitrogen and oxygen atoms in total. The average molecular weight is 295 g/mol. The van der Waals surface area contributed by atoms with Gasteiger partial charge in [0.05, 0.1) is 5.92 Å². The van der Waals surface area contributed by atoms with Gasteiger partial charge in [0.15, 0.2) is 6.10 Å². The fraction of sp³-hybridized carbons (Fsp3) is 0.467. The highest BCUT2D eigenvalue weighted by Crippen LogP contribution is 2.25.